The zero-order chi connectivity index (χ0) is 15.4. The van der Waals surface area contributed by atoms with E-state index in [4.69, 9.17) is 20.1 Å². The van der Waals surface area contributed by atoms with Crippen molar-refractivity contribution in [2.24, 2.45) is 5.41 Å². The smallest absolute Gasteiger partial charge is 0.335 e. The summed E-state index contributed by atoms with van der Waals surface area (Å²) < 4.78 is 4.81. The van der Waals surface area contributed by atoms with Crippen LogP contribution in [0.15, 0.2) is 43.0 Å². The number of benzene rings is 1. The van der Waals surface area contributed by atoms with Gasteiger partial charge in [0.05, 0.1) is 19.8 Å². The number of aliphatic hydroxyl groups is 3. The molecule has 0 fully saturated rings. The van der Waals surface area contributed by atoms with Crippen LogP contribution in [0.1, 0.15) is 13.3 Å². The predicted molar refractivity (Wildman–Crippen MR) is 76.3 cm³/mol. The summed E-state index contributed by atoms with van der Waals surface area (Å²) in [5, 5.41) is 26.0. The molecule has 5 heteroatoms. The number of para-hydroxylation sites is 1. The van der Waals surface area contributed by atoms with Gasteiger partial charge in [-0.05, 0) is 18.6 Å². The van der Waals surface area contributed by atoms with Gasteiger partial charge in [-0.15, -0.1) is 0 Å². The Labute approximate surface area is 119 Å². The summed E-state index contributed by atoms with van der Waals surface area (Å²) in [6.45, 7) is 4.64. The topological polar surface area (TPSA) is 87.0 Å². The Kier molecular flexibility index (Phi) is 9.28. The van der Waals surface area contributed by atoms with Gasteiger partial charge < -0.3 is 20.1 Å². The van der Waals surface area contributed by atoms with E-state index in [0.717, 1.165) is 6.08 Å². The first-order valence-electron chi connectivity index (χ1n) is 6.29. The molecule has 0 aromatic heterocycles. The molecule has 0 spiro atoms. The van der Waals surface area contributed by atoms with Gasteiger partial charge in [0.1, 0.15) is 5.75 Å². The van der Waals surface area contributed by atoms with Gasteiger partial charge in [-0.25, -0.2) is 4.79 Å². The molecule has 0 bridgehead atoms. The van der Waals surface area contributed by atoms with Crippen LogP contribution < -0.4 is 4.74 Å². The normalized spacial score (nSPS) is 10.2. The van der Waals surface area contributed by atoms with Gasteiger partial charge in [0, 0.05) is 11.5 Å². The summed E-state index contributed by atoms with van der Waals surface area (Å²) in [5.74, 6) is 0.105. The minimum atomic E-state index is -0.667. The van der Waals surface area contributed by atoms with E-state index in [1.54, 1.807) is 24.3 Å². The Balaban J connectivity index is 0.000000370. The minimum Gasteiger partial charge on any atom is -0.423 e. The highest BCUT2D eigenvalue weighted by Crippen LogP contribution is 2.18. The van der Waals surface area contributed by atoms with Gasteiger partial charge in [0.2, 0.25) is 0 Å². The zero-order valence-electron chi connectivity index (χ0n) is 11.7. The average Bonchev–Trinajstić information content (AvgIpc) is 2.52. The number of hydrogen-bond donors (Lipinski definition) is 3. The Morgan fingerprint density at radius 2 is 1.70 bits per heavy atom. The number of rotatable bonds is 6. The highest BCUT2D eigenvalue weighted by molar-refractivity contribution is 5.83. The second-order valence-corrected chi connectivity index (χ2v) is 4.27. The predicted octanol–water partition coefficient (Wildman–Crippen LogP) is 1.14. The van der Waals surface area contributed by atoms with Crippen molar-refractivity contribution in [1.29, 1.82) is 0 Å². The summed E-state index contributed by atoms with van der Waals surface area (Å²) in [4.78, 5) is 10.6. The molecular weight excluding hydrogens is 260 g/mol. The lowest BCUT2D eigenvalue weighted by molar-refractivity contribution is -0.128. The van der Waals surface area contributed by atoms with E-state index in [1.165, 1.54) is 0 Å². The zero-order valence-corrected chi connectivity index (χ0v) is 11.7. The van der Waals surface area contributed by atoms with Crippen LogP contribution in [0.4, 0.5) is 0 Å². The molecule has 0 amide bonds. The van der Waals surface area contributed by atoms with Crippen molar-refractivity contribution < 1.29 is 24.9 Å². The summed E-state index contributed by atoms with van der Waals surface area (Å²) in [7, 11) is 0. The summed E-state index contributed by atoms with van der Waals surface area (Å²) in [6.07, 6.45) is 1.73. The third-order valence-corrected chi connectivity index (χ3v) is 2.88. The number of ether oxygens (including phenoxy) is 1. The van der Waals surface area contributed by atoms with Crippen molar-refractivity contribution in [1.82, 2.24) is 0 Å². The van der Waals surface area contributed by atoms with Crippen molar-refractivity contribution >= 4 is 5.97 Å². The summed E-state index contributed by atoms with van der Waals surface area (Å²) in [6, 6.07) is 8.87. The average molecular weight is 282 g/mol. The van der Waals surface area contributed by atoms with Gasteiger partial charge in [-0.2, -0.15) is 0 Å². The maximum absolute atomic E-state index is 10.6. The third-order valence-electron chi connectivity index (χ3n) is 2.88. The minimum absolute atomic E-state index is 0.156. The lowest BCUT2D eigenvalue weighted by atomic mass is 9.88. The molecule has 0 radical (unpaired) electrons. The molecule has 0 heterocycles. The molecule has 3 N–H and O–H groups in total. The molecule has 0 atom stereocenters. The van der Waals surface area contributed by atoms with Gasteiger partial charge in [0.15, 0.2) is 0 Å². The fraction of sp³-hybridized carbons (Fsp3) is 0.400. The molecule has 0 unspecified atom stereocenters. The number of carbonyl (C=O) groups is 1. The van der Waals surface area contributed by atoms with E-state index < -0.39 is 11.4 Å². The first kappa shape index (κ1) is 18.3. The van der Waals surface area contributed by atoms with E-state index in [2.05, 4.69) is 6.58 Å². The molecule has 1 rings (SSSR count). The van der Waals surface area contributed by atoms with Crippen LogP contribution >= 0.6 is 0 Å². The molecule has 20 heavy (non-hydrogen) atoms. The van der Waals surface area contributed by atoms with Gasteiger partial charge in [-0.3, -0.25) is 0 Å². The molecule has 0 saturated heterocycles. The molecule has 112 valence electrons. The van der Waals surface area contributed by atoms with E-state index in [9.17, 15) is 4.79 Å². The number of esters is 1. The quantitative estimate of drug-likeness (QED) is 0.414. The highest BCUT2D eigenvalue weighted by atomic mass is 16.5. The van der Waals surface area contributed by atoms with Crippen LogP contribution in [0.5, 0.6) is 5.75 Å². The Hall–Kier alpha value is -1.69. The fourth-order valence-electron chi connectivity index (χ4n) is 1.13. The number of carbonyl (C=O) groups excluding carboxylic acids is 1. The lowest BCUT2D eigenvalue weighted by Crippen LogP contribution is -2.32. The van der Waals surface area contributed by atoms with Gasteiger partial charge in [0.25, 0.3) is 0 Å². The van der Waals surface area contributed by atoms with Crippen LogP contribution in [0.3, 0.4) is 0 Å². The molecule has 5 nitrogen and oxygen atoms in total. The van der Waals surface area contributed by atoms with Crippen LogP contribution in [0.25, 0.3) is 0 Å². The summed E-state index contributed by atoms with van der Waals surface area (Å²) in [5.41, 5.74) is -0.667. The highest BCUT2D eigenvalue weighted by Gasteiger charge is 2.24. The molecule has 0 aliphatic heterocycles. The number of hydrogen-bond acceptors (Lipinski definition) is 5. The van der Waals surface area contributed by atoms with E-state index in [1.807, 2.05) is 13.0 Å². The Bertz CT molecular complexity index is 367. The second kappa shape index (κ2) is 10.1. The lowest BCUT2D eigenvalue weighted by Gasteiger charge is -2.24. The van der Waals surface area contributed by atoms with E-state index >= 15 is 0 Å². The molecule has 0 aliphatic rings. The van der Waals surface area contributed by atoms with Crippen molar-refractivity contribution in [3.63, 3.8) is 0 Å². The van der Waals surface area contributed by atoms with E-state index in [-0.39, 0.29) is 19.8 Å². The van der Waals surface area contributed by atoms with Crippen LogP contribution in [-0.4, -0.2) is 41.1 Å². The van der Waals surface area contributed by atoms with Crippen LogP contribution in [0, 0.1) is 5.41 Å². The molecule has 0 aliphatic carbocycles. The SMILES string of the molecule is C=CC(=O)Oc1ccccc1.CCC(CO)(CO)CO. The van der Waals surface area contributed by atoms with Gasteiger partial charge in [-0.1, -0.05) is 31.7 Å². The first-order valence-corrected chi connectivity index (χ1v) is 6.29. The summed E-state index contributed by atoms with van der Waals surface area (Å²) >= 11 is 0. The molecule has 1 aromatic rings. The standard InChI is InChI=1S/C9H8O2.C6H14O3/c1-2-9(10)11-8-6-4-3-5-7-8;1-2-6(3-7,4-8)5-9/h2-7H,1H2;7-9H,2-5H2,1H3. The van der Waals surface area contributed by atoms with Crippen LogP contribution in [0.2, 0.25) is 0 Å². The van der Waals surface area contributed by atoms with Crippen molar-refractivity contribution in [3.05, 3.63) is 43.0 Å². The first-order chi connectivity index (χ1) is 9.57. The second-order valence-electron chi connectivity index (χ2n) is 4.27. The largest absolute Gasteiger partial charge is 0.423 e. The van der Waals surface area contributed by atoms with Crippen molar-refractivity contribution in [2.45, 2.75) is 13.3 Å². The third kappa shape index (κ3) is 6.47. The van der Waals surface area contributed by atoms with Crippen molar-refractivity contribution in [3.8, 4) is 5.75 Å². The maximum atomic E-state index is 10.6. The number of aliphatic hydroxyl groups excluding tert-OH is 3. The van der Waals surface area contributed by atoms with Crippen molar-refractivity contribution in [2.75, 3.05) is 19.8 Å². The molecule has 0 saturated carbocycles. The Morgan fingerprint density at radius 3 is 2.00 bits per heavy atom. The van der Waals surface area contributed by atoms with Gasteiger partial charge >= 0.3 is 5.97 Å². The maximum Gasteiger partial charge on any atom is 0.335 e. The molecule has 1 aromatic carbocycles. The monoisotopic (exact) mass is 282 g/mol. The van der Waals surface area contributed by atoms with Crippen LogP contribution in [-0.2, 0) is 4.79 Å². The van der Waals surface area contributed by atoms with E-state index in [0.29, 0.717) is 12.2 Å². The Morgan fingerprint density at radius 1 is 1.20 bits per heavy atom. The molecular formula is C15H22O5. The fourth-order valence-corrected chi connectivity index (χ4v) is 1.13.